The van der Waals surface area contributed by atoms with Gasteiger partial charge in [-0.15, -0.1) is 0 Å². The molecule has 2 rings (SSSR count). The summed E-state index contributed by atoms with van der Waals surface area (Å²) < 4.78 is 0. The standard InChI is InChI=1S/C12H13N3O/c1-8-6-11(15-12(16)14-8)10-5-3-2-4-9(10)7-13/h2-6H,7,13H2,1H3,(H,14,15,16). The fourth-order valence-electron chi connectivity index (χ4n) is 1.67. The number of nitrogens with zero attached hydrogens (tertiary/aromatic N) is 1. The van der Waals surface area contributed by atoms with E-state index in [1.807, 2.05) is 37.3 Å². The minimum atomic E-state index is -0.332. The van der Waals surface area contributed by atoms with Crippen molar-refractivity contribution in [1.29, 1.82) is 0 Å². The first-order valence-electron chi connectivity index (χ1n) is 5.07. The molecule has 1 aromatic carbocycles. The molecule has 0 aliphatic rings. The van der Waals surface area contributed by atoms with Crippen molar-refractivity contribution in [3.63, 3.8) is 0 Å². The highest BCUT2D eigenvalue weighted by molar-refractivity contribution is 5.63. The number of aromatic nitrogens is 2. The molecule has 0 spiro atoms. The van der Waals surface area contributed by atoms with E-state index in [0.29, 0.717) is 12.2 Å². The third-order valence-electron chi connectivity index (χ3n) is 2.39. The highest BCUT2D eigenvalue weighted by atomic mass is 16.1. The molecule has 1 aromatic heterocycles. The summed E-state index contributed by atoms with van der Waals surface area (Å²) in [5.41, 5.74) is 8.68. The number of H-pyrrole nitrogens is 1. The maximum Gasteiger partial charge on any atom is 0.345 e. The summed E-state index contributed by atoms with van der Waals surface area (Å²) >= 11 is 0. The number of aryl methyl sites for hydroxylation is 1. The van der Waals surface area contributed by atoms with E-state index in [1.165, 1.54) is 0 Å². The fraction of sp³-hybridized carbons (Fsp3) is 0.167. The Hall–Kier alpha value is -1.94. The quantitative estimate of drug-likeness (QED) is 0.790. The van der Waals surface area contributed by atoms with Crippen molar-refractivity contribution >= 4 is 0 Å². The van der Waals surface area contributed by atoms with Gasteiger partial charge in [0, 0.05) is 17.8 Å². The molecule has 4 heteroatoms. The number of nitrogens with two attached hydrogens (primary N) is 1. The third-order valence-corrected chi connectivity index (χ3v) is 2.39. The number of aromatic amines is 1. The second kappa shape index (κ2) is 4.28. The molecule has 0 bridgehead atoms. The monoisotopic (exact) mass is 215 g/mol. The van der Waals surface area contributed by atoms with Crippen LogP contribution in [0.1, 0.15) is 11.3 Å². The molecule has 0 fully saturated rings. The lowest BCUT2D eigenvalue weighted by Gasteiger charge is -2.06. The van der Waals surface area contributed by atoms with Crippen LogP contribution in [0, 0.1) is 6.92 Å². The Bertz CT molecular complexity index is 560. The van der Waals surface area contributed by atoms with Crippen molar-refractivity contribution in [2.24, 2.45) is 5.73 Å². The topological polar surface area (TPSA) is 71.8 Å². The third kappa shape index (κ3) is 2.01. The molecule has 0 radical (unpaired) electrons. The van der Waals surface area contributed by atoms with Crippen LogP contribution in [0.15, 0.2) is 35.1 Å². The van der Waals surface area contributed by atoms with Gasteiger partial charge >= 0.3 is 5.69 Å². The van der Waals surface area contributed by atoms with Gasteiger partial charge in [0.2, 0.25) is 0 Å². The lowest BCUT2D eigenvalue weighted by atomic mass is 10.0. The Morgan fingerprint density at radius 1 is 1.38 bits per heavy atom. The zero-order valence-electron chi connectivity index (χ0n) is 9.03. The minimum Gasteiger partial charge on any atom is -0.326 e. The molecular weight excluding hydrogens is 202 g/mol. The molecule has 0 saturated carbocycles. The Balaban J connectivity index is 2.62. The van der Waals surface area contributed by atoms with Crippen LogP contribution in [0.2, 0.25) is 0 Å². The van der Waals surface area contributed by atoms with Crippen molar-refractivity contribution < 1.29 is 0 Å². The Kier molecular flexibility index (Phi) is 2.83. The SMILES string of the molecule is Cc1cc(-c2ccccc2CN)nc(=O)[nH]1. The normalized spacial score (nSPS) is 10.4. The summed E-state index contributed by atoms with van der Waals surface area (Å²) in [6.07, 6.45) is 0. The molecule has 0 aliphatic carbocycles. The van der Waals surface area contributed by atoms with E-state index >= 15 is 0 Å². The number of nitrogens with one attached hydrogen (secondary N) is 1. The molecule has 4 nitrogen and oxygen atoms in total. The molecule has 2 aromatic rings. The molecule has 82 valence electrons. The van der Waals surface area contributed by atoms with E-state index in [9.17, 15) is 4.79 Å². The van der Waals surface area contributed by atoms with Gasteiger partial charge < -0.3 is 10.7 Å². The molecule has 1 heterocycles. The van der Waals surface area contributed by atoms with Crippen LogP contribution >= 0.6 is 0 Å². The summed E-state index contributed by atoms with van der Waals surface area (Å²) in [6.45, 7) is 2.27. The molecule has 0 amide bonds. The average molecular weight is 215 g/mol. The van der Waals surface area contributed by atoms with Gasteiger partial charge in [-0.2, -0.15) is 4.98 Å². The predicted octanol–water partition coefficient (Wildman–Crippen LogP) is 1.20. The molecule has 3 N–H and O–H groups in total. The van der Waals surface area contributed by atoms with E-state index in [0.717, 1.165) is 16.8 Å². The first-order chi connectivity index (χ1) is 7.70. The number of hydrogen-bond donors (Lipinski definition) is 2. The van der Waals surface area contributed by atoms with Crippen LogP contribution in [-0.4, -0.2) is 9.97 Å². The summed E-state index contributed by atoms with van der Waals surface area (Å²) in [5, 5.41) is 0. The van der Waals surface area contributed by atoms with Gasteiger partial charge in [0.05, 0.1) is 5.69 Å². The Morgan fingerprint density at radius 2 is 2.12 bits per heavy atom. The van der Waals surface area contributed by atoms with E-state index in [4.69, 9.17) is 5.73 Å². The zero-order valence-corrected chi connectivity index (χ0v) is 9.03. The van der Waals surface area contributed by atoms with Gasteiger partial charge in [-0.05, 0) is 18.6 Å². The highest BCUT2D eigenvalue weighted by Gasteiger charge is 2.05. The van der Waals surface area contributed by atoms with Crippen LogP contribution in [-0.2, 0) is 6.54 Å². The molecular formula is C12H13N3O. The molecule has 0 unspecified atom stereocenters. The molecule has 0 aliphatic heterocycles. The smallest absolute Gasteiger partial charge is 0.326 e. The van der Waals surface area contributed by atoms with Crippen molar-refractivity contribution in [3.8, 4) is 11.3 Å². The van der Waals surface area contributed by atoms with Crippen LogP contribution in [0.3, 0.4) is 0 Å². The summed E-state index contributed by atoms with van der Waals surface area (Å²) in [5.74, 6) is 0. The highest BCUT2D eigenvalue weighted by Crippen LogP contribution is 2.20. The summed E-state index contributed by atoms with van der Waals surface area (Å²) in [4.78, 5) is 17.9. The minimum absolute atomic E-state index is 0.332. The van der Waals surface area contributed by atoms with Crippen LogP contribution in [0.5, 0.6) is 0 Å². The second-order valence-electron chi connectivity index (χ2n) is 3.62. The molecule has 16 heavy (non-hydrogen) atoms. The van der Waals surface area contributed by atoms with Crippen LogP contribution in [0.25, 0.3) is 11.3 Å². The second-order valence-corrected chi connectivity index (χ2v) is 3.62. The van der Waals surface area contributed by atoms with E-state index in [-0.39, 0.29) is 5.69 Å². The number of hydrogen-bond acceptors (Lipinski definition) is 3. The Morgan fingerprint density at radius 3 is 2.81 bits per heavy atom. The van der Waals surface area contributed by atoms with E-state index in [2.05, 4.69) is 9.97 Å². The van der Waals surface area contributed by atoms with Crippen molar-refractivity contribution in [1.82, 2.24) is 9.97 Å². The first-order valence-corrected chi connectivity index (χ1v) is 5.07. The molecule has 0 atom stereocenters. The van der Waals surface area contributed by atoms with Gasteiger partial charge in [0.15, 0.2) is 0 Å². The van der Waals surface area contributed by atoms with E-state index < -0.39 is 0 Å². The summed E-state index contributed by atoms with van der Waals surface area (Å²) in [6, 6.07) is 9.53. The maximum atomic E-state index is 11.3. The lowest BCUT2D eigenvalue weighted by molar-refractivity contribution is 1.02. The van der Waals surface area contributed by atoms with Gasteiger partial charge in [-0.3, -0.25) is 0 Å². The number of benzene rings is 1. The number of rotatable bonds is 2. The first kappa shape index (κ1) is 10.6. The fourth-order valence-corrected chi connectivity index (χ4v) is 1.67. The van der Waals surface area contributed by atoms with Gasteiger partial charge in [-0.1, -0.05) is 24.3 Å². The van der Waals surface area contributed by atoms with Crippen LogP contribution < -0.4 is 11.4 Å². The van der Waals surface area contributed by atoms with Crippen molar-refractivity contribution in [2.75, 3.05) is 0 Å². The largest absolute Gasteiger partial charge is 0.345 e. The average Bonchev–Trinajstić information content (AvgIpc) is 2.27. The molecule has 0 saturated heterocycles. The van der Waals surface area contributed by atoms with Crippen molar-refractivity contribution in [3.05, 3.63) is 52.1 Å². The lowest BCUT2D eigenvalue weighted by Crippen LogP contribution is -2.12. The summed E-state index contributed by atoms with van der Waals surface area (Å²) in [7, 11) is 0. The maximum absolute atomic E-state index is 11.3. The van der Waals surface area contributed by atoms with Gasteiger partial charge in [-0.25, -0.2) is 4.79 Å². The van der Waals surface area contributed by atoms with Crippen molar-refractivity contribution in [2.45, 2.75) is 13.5 Å². The van der Waals surface area contributed by atoms with Crippen LogP contribution in [0.4, 0.5) is 0 Å². The van der Waals surface area contributed by atoms with Gasteiger partial charge in [0.1, 0.15) is 0 Å². The zero-order chi connectivity index (χ0) is 11.5. The van der Waals surface area contributed by atoms with E-state index in [1.54, 1.807) is 0 Å². The Labute approximate surface area is 93.2 Å². The van der Waals surface area contributed by atoms with Gasteiger partial charge in [0.25, 0.3) is 0 Å². The predicted molar refractivity (Wildman–Crippen MR) is 62.9 cm³/mol.